The largest absolute Gasteiger partial charge is 0.377 e. The fourth-order valence-corrected chi connectivity index (χ4v) is 2.11. The summed E-state index contributed by atoms with van der Waals surface area (Å²) in [5.41, 5.74) is 4.59. The van der Waals surface area contributed by atoms with Crippen LogP contribution in [-0.4, -0.2) is 19.6 Å². The molecule has 2 aromatic rings. The highest BCUT2D eigenvalue weighted by atomic mass is 15.3. The van der Waals surface area contributed by atoms with Crippen LogP contribution in [0.2, 0.25) is 0 Å². The molecule has 0 amide bonds. The number of aryl methyl sites for hydroxylation is 3. The Hall–Kier alpha value is -1.78. The summed E-state index contributed by atoms with van der Waals surface area (Å²) >= 11 is 0. The minimum absolute atomic E-state index is 0.386. The molecule has 0 unspecified atom stereocenters. The first-order chi connectivity index (χ1) is 9.02. The predicted molar refractivity (Wildman–Crippen MR) is 77.3 cm³/mol. The molecule has 0 aliphatic rings. The molecule has 2 aromatic heterocycles. The van der Waals surface area contributed by atoms with E-state index in [2.05, 4.69) is 49.4 Å². The molecule has 104 valence electrons. The Balaban J connectivity index is 2.12. The Bertz CT molecular complexity index is 550. The molecule has 5 nitrogen and oxygen atoms in total. The first-order valence-corrected chi connectivity index (χ1v) is 6.83. The number of hydrogen-bond donors (Lipinski definition) is 1. The lowest BCUT2D eigenvalue weighted by Gasteiger charge is -2.08. The molecule has 0 radical (unpaired) electrons. The highest BCUT2D eigenvalue weighted by Crippen LogP contribution is 2.17. The Morgan fingerprint density at radius 3 is 2.63 bits per heavy atom. The van der Waals surface area contributed by atoms with Crippen LogP contribution in [0.15, 0.2) is 12.4 Å². The van der Waals surface area contributed by atoms with E-state index < -0.39 is 0 Å². The minimum atomic E-state index is 0.386. The second kappa shape index (κ2) is 5.47. The number of anilines is 1. The van der Waals surface area contributed by atoms with Gasteiger partial charge in [0.1, 0.15) is 0 Å². The van der Waals surface area contributed by atoms with Gasteiger partial charge in [-0.25, -0.2) is 0 Å². The molecule has 0 saturated carbocycles. The van der Waals surface area contributed by atoms with Crippen LogP contribution in [0.1, 0.15) is 43.8 Å². The fourth-order valence-electron chi connectivity index (χ4n) is 2.11. The molecule has 2 rings (SSSR count). The maximum absolute atomic E-state index is 4.51. The van der Waals surface area contributed by atoms with Crippen LogP contribution in [-0.2, 0) is 13.1 Å². The minimum Gasteiger partial charge on any atom is -0.377 e. The van der Waals surface area contributed by atoms with Gasteiger partial charge in [0.2, 0.25) is 0 Å². The molecule has 0 aliphatic heterocycles. The van der Waals surface area contributed by atoms with Gasteiger partial charge in [-0.1, -0.05) is 0 Å². The molecule has 0 saturated heterocycles. The average molecular weight is 261 g/mol. The van der Waals surface area contributed by atoms with Crippen molar-refractivity contribution in [3.63, 3.8) is 0 Å². The fraction of sp³-hybridized carbons (Fsp3) is 0.571. The van der Waals surface area contributed by atoms with E-state index in [4.69, 9.17) is 0 Å². The van der Waals surface area contributed by atoms with Crippen molar-refractivity contribution in [2.75, 3.05) is 5.32 Å². The van der Waals surface area contributed by atoms with E-state index in [0.29, 0.717) is 6.04 Å². The van der Waals surface area contributed by atoms with Gasteiger partial charge in [0.05, 0.1) is 29.8 Å². The summed E-state index contributed by atoms with van der Waals surface area (Å²) in [6.45, 7) is 12.2. The van der Waals surface area contributed by atoms with Crippen molar-refractivity contribution in [2.45, 2.75) is 53.8 Å². The van der Waals surface area contributed by atoms with E-state index in [9.17, 15) is 0 Å². The lowest BCUT2D eigenvalue weighted by Crippen LogP contribution is -2.09. The van der Waals surface area contributed by atoms with E-state index in [1.165, 1.54) is 11.3 Å². The highest BCUT2D eigenvalue weighted by molar-refractivity contribution is 5.46. The number of nitrogens with one attached hydrogen (secondary N) is 1. The highest BCUT2D eigenvalue weighted by Gasteiger charge is 2.09. The summed E-state index contributed by atoms with van der Waals surface area (Å²) in [5, 5.41) is 12.3. The lowest BCUT2D eigenvalue weighted by molar-refractivity contribution is 0.529. The lowest BCUT2D eigenvalue weighted by atomic mass is 10.2. The molecule has 2 heterocycles. The average Bonchev–Trinajstić information content (AvgIpc) is 2.90. The van der Waals surface area contributed by atoms with Gasteiger partial charge in [-0.05, 0) is 40.2 Å². The van der Waals surface area contributed by atoms with Crippen molar-refractivity contribution in [2.24, 2.45) is 0 Å². The number of hydrogen-bond acceptors (Lipinski definition) is 3. The summed E-state index contributed by atoms with van der Waals surface area (Å²) in [6, 6.07) is 0.386. The third kappa shape index (κ3) is 2.80. The molecule has 19 heavy (non-hydrogen) atoms. The van der Waals surface area contributed by atoms with Crippen molar-refractivity contribution >= 4 is 5.69 Å². The van der Waals surface area contributed by atoms with Crippen molar-refractivity contribution in [1.29, 1.82) is 0 Å². The van der Waals surface area contributed by atoms with Crippen molar-refractivity contribution < 1.29 is 0 Å². The smallest absolute Gasteiger partial charge is 0.0825 e. The molecular weight excluding hydrogens is 238 g/mol. The third-order valence-electron chi connectivity index (χ3n) is 3.35. The Morgan fingerprint density at radius 1 is 1.32 bits per heavy atom. The molecule has 0 atom stereocenters. The topological polar surface area (TPSA) is 47.7 Å². The van der Waals surface area contributed by atoms with Gasteiger partial charge in [-0.3, -0.25) is 9.36 Å². The van der Waals surface area contributed by atoms with Crippen molar-refractivity contribution in [3.05, 3.63) is 29.3 Å². The molecule has 0 aromatic carbocycles. The monoisotopic (exact) mass is 261 g/mol. The SMILES string of the molecule is CCn1ncc(C)c1CNc1cn(C(C)C)nc1C. The first-order valence-electron chi connectivity index (χ1n) is 6.83. The van der Waals surface area contributed by atoms with Gasteiger partial charge < -0.3 is 5.32 Å². The Labute approximate surface area is 114 Å². The molecule has 5 heteroatoms. The van der Waals surface area contributed by atoms with E-state index >= 15 is 0 Å². The number of rotatable bonds is 5. The summed E-state index contributed by atoms with van der Waals surface area (Å²) in [7, 11) is 0. The molecule has 0 fully saturated rings. The summed E-state index contributed by atoms with van der Waals surface area (Å²) in [6.07, 6.45) is 3.99. The van der Waals surface area contributed by atoms with Crippen LogP contribution in [0.5, 0.6) is 0 Å². The molecule has 1 N–H and O–H groups in total. The van der Waals surface area contributed by atoms with Gasteiger partial charge in [0, 0.05) is 18.8 Å². The van der Waals surface area contributed by atoms with E-state index in [-0.39, 0.29) is 0 Å². The van der Waals surface area contributed by atoms with Crippen LogP contribution in [0, 0.1) is 13.8 Å². The Kier molecular flexibility index (Phi) is 3.93. The maximum Gasteiger partial charge on any atom is 0.0825 e. The Morgan fingerprint density at radius 2 is 2.05 bits per heavy atom. The van der Waals surface area contributed by atoms with Gasteiger partial charge in [0.25, 0.3) is 0 Å². The van der Waals surface area contributed by atoms with Crippen LogP contribution < -0.4 is 5.32 Å². The van der Waals surface area contributed by atoms with Gasteiger partial charge >= 0.3 is 0 Å². The van der Waals surface area contributed by atoms with E-state index in [1.54, 1.807) is 0 Å². The van der Waals surface area contributed by atoms with Crippen LogP contribution in [0.4, 0.5) is 5.69 Å². The van der Waals surface area contributed by atoms with Gasteiger partial charge in [0.15, 0.2) is 0 Å². The second-order valence-electron chi connectivity index (χ2n) is 5.15. The van der Waals surface area contributed by atoms with Crippen molar-refractivity contribution in [1.82, 2.24) is 19.6 Å². The van der Waals surface area contributed by atoms with Crippen LogP contribution in [0.3, 0.4) is 0 Å². The summed E-state index contributed by atoms with van der Waals surface area (Å²) < 4.78 is 4.02. The molecule has 0 spiro atoms. The van der Waals surface area contributed by atoms with E-state index in [0.717, 1.165) is 24.5 Å². The second-order valence-corrected chi connectivity index (χ2v) is 5.15. The van der Waals surface area contributed by atoms with Crippen LogP contribution in [0.25, 0.3) is 0 Å². The van der Waals surface area contributed by atoms with Crippen LogP contribution >= 0.6 is 0 Å². The van der Waals surface area contributed by atoms with E-state index in [1.807, 2.05) is 22.5 Å². The zero-order chi connectivity index (χ0) is 14.0. The zero-order valence-electron chi connectivity index (χ0n) is 12.4. The first kappa shape index (κ1) is 13.6. The molecule has 0 bridgehead atoms. The number of aromatic nitrogens is 4. The zero-order valence-corrected chi connectivity index (χ0v) is 12.4. The standard InChI is InChI=1S/C14H23N5/c1-6-18-14(11(4)7-16-18)8-15-13-9-19(10(2)3)17-12(13)5/h7,9-10,15H,6,8H2,1-5H3. The number of nitrogens with zero attached hydrogens (tertiary/aromatic N) is 4. The quantitative estimate of drug-likeness (QED) is 0.900. The summed E-state index contributed by atoms with van der Waals surface area (Å²) in [5.74, 6) is 0. The third-order valence-corrected chi connectivity index (χ3v) is 3.35. The van der Waals surface area contributed by atoms with Gasteiger partial charge in [-0.2, -0.15) is 10.2 Å². The van der Waals surface area contributed by atoms with Gasteiger partial charge in [-0.15, -0.1) is 0 Å². The maximum atomic E-state index is 4.51. The normalized spacial score (nSPS) is 11.3. The van der Waals surface area contributed by atoms with Crippen molar-refractivity contribution in [3.8, 4) is 0 Å². The summed E-state index contributed by atoms with van der Waals surface area (Å²) in [4.78, 5) is 0. The molecular formula is C14H23N5. The predicted octanol–water partition coefficient (Wildman–Crippen LogP) is 2.91. The molecule has 0 aliphatic carbocycles.